The minimum Gasteiger partial charge on any atom is -0.484 e. The van der Waals surface area contributed by atoms with Crippen LogP contribution in [0.4, 0.5) is 11.4 Å². The van der Waals surface area contributed by atoms with Crippen LogP contribution in [0.1, 0.15) is 18.4 Å². The van der Waals surface area contributed by atoms with Crippen molar-refractivity contribution in [2.24, 2.45) is 0 Å². The molecule has 1 aliphatic rings. The maximum absolute atomic E-state index is 11.9. The van der Waals surface area contributed by atoms with Gasteiger partial charge in [0.1, 0.15) is 5.75 Å². The van der Waals surface area contributed by atoms with Crippen LogP contribution in [0.2, 0.25) is 0 Å². The van der Waals surface area contributed by atoms with Crippen LogP contribution in [0.5, 0.6) is 5.75 Å². The largest absolute Gasteiger partial charge is 0.484 e. The van der Waals surface area contributed by atoms with Crippen molar-refractivity contribution in [1.29, 1.82) is 0 Å². The molecule has 0 saturated carbocycles. The van der Waals surface area contributed by atoms with Gasteiger partial charge in [-0.05, 0) is 68.4 Å². The number of carbonyl (C=O) groups is 1. The van der Waals surface area contributed by atoms with Gasteiger partial charge in [0.2, 0.25) is 0 Å². The molecule has 6 heteroatoms. The van der Waals surface area contributed by atoms with E-state index in [9.17, 15) is 4.79 Å². The van der Waals surface area contributed by atoms with Crippen molar-refractivity contribution in [2.75, 3.05) is 29.9 Å². The zero-order valence-corrected chi connectivity index (χ0v) is 15.6. The average molecular weight is 369 g/mol. The molecule has 2 aromatic carbocycles. The van der Waals surface area contributed by atoms with Crippen molar-refractivity contribution in [2.45, 2.75) is 19.8 Å². The Labute approximate surface area is 159 Å². The van der Waals surface area contributed by atoms with Crippen molar-refractivity contribution < 1.29 is 9.53 Å². The van der Waals surface area contributed by atoms with E-state index in [0.29, 0.717) is 5.75 Å². The van der Waals surface area contributed by atoms with E-state index in [-0.39, 0.29) is 17.6 Å². The summed E-state index contributed by atoms with van der Waals surface area (Å²) in [5.74, 6) is 0.360. The molecule has 0 unspecified atom stereocenters. The predicted octanol–water partition coefficient (Wildman–Crippen LogP) is 3.49. The summed E-state index contributed by atoms with van der Waals surface area (Å²) in [4.78, 5) is 14.3. The number of nitrogens with one attached hydrogen (secondary N) is 2. The van der Waals surface area contributed by atoms with E-state index < -0.39 is 0 Å². The van der Waals surface area contributed by atoms with Gasteiger partial charge in [-0.3, -0.25) is 10.1 Å². The maximum Gasteiger partial charge on any atom is 0.264 e. The Morgan fingerprint density at radius 1 is 1.08 bits per heavy atom. The Balaban J connectivity index is 1.44. The molecule has 1 fully saturated rings. The first-order valence-corrected chi connectivity index (χ1v) is 9.16. The van der Waals surface area contributed by atoms with Crippen LogP contribution < -0.4 is 20.3 Å². The third-order valence-electron chi connectivity index (χ3n) is 4.24. The Morgan fingerprint density at radius 2 is 1.73 bits per heavy atom. The molecule has 0 bridgehead atoms. The molecule has 26 heavy (non-hydrogen) atoms. The molecule has 1 saturated heterocycles. The summed E-state index contributed by atoms with van der Waals surface area (Å²) in [6.07, 6.45) is 2.50. The average Bonchev–Trinajstić information content (AvgIpc) is 3.16. The van der Waals surface area contributed by atoms with Crippen LogP contribution in [-0.2, 0) is 4.79 Å². The van der Waals surface area contributed by atoms with Crippen LogP contribution in [0.15, 0.2) is 48.5 Å². The van der Waals surface area contributed by atoms with Crippen LogP contribution in [0.25, 0.3) is 0 Å². The van der Waals surface area contributed by atoms with Crippen molar-refractivity contribution in [1.82, 2.24) is 5.32 Å². The van der Waals surface area contributed by atoms with Gasteiger partial charge in [0.15, 0.2) is 11.7 Å². The Bertz CT molecular complexity index is 754. The number of anilines is 2. The number of rotatable bonds is 5. The second-order valence-corrected chi connectivity index (χ2v) is 6.75. The summed E-state index contributed by atoms with van der Waals surface area (Å²) in [6.45, 7) is 4.14. The molecule has 0 aliphatic carbocycles. The van der Waals surface area contributed by atoms with Gasteiger partial charge >= 0.3 is 0 Å². The first kappa shape index (κ1) is 18.2. The van der Waals surface area contributed by atoms with Crippen molar-refractivity contribution >= 4 is 34.6 Å². The van der Waals surface area contributed by atoms with E-state index in [1.165, 1.54) is 18.5 Å². The number of hydrogen-bond acceptors (Lipinski definition) is 4. The second-order valence-electron chi connectivity index (χ2n) is 6.35. The Hall–Kier alpha value is -2.60. The number of hydrogen-bond donors (Lipinski definition) is 2. The molecule has 1 amide bonds. The molecule has 1 aliphatic heterocycles. The number of nitrogens with zero attached hydrogens (tertiary/aromatic N) is 1. The number of ether oxygens (including phenoxy) is 1. The number of carbonyl (C=O) groups excluding carboxylic acids is 1. The van der Waals surface area contributed by atoms with E-state index in [2.05, 4.69) is 27.7 Å². The van der Waals surface area contributed by atoms with Gasteiger partial charge in [-0.2, -0.15) is 0 Å². The molecule has 2 aromatic rings. The Morgan fingerprint density at radius 3 is 2.38 bits per heavy atom. The summed E-state index contributed by atoms with van der Waals surface area (Å²) in [6, 6.07) is 15.6. The molecule has 3 rings (SSSR count). The highest BCUT2D eigenvalue weighted by Crippen LogP contribution is 2.22. The SMILES string of the molecule is Cc1ccc(OCC(=O)NC(=S)Nc2ccc(N3CCCC3)cc2)cc1. The molecule has 2 N–H and O–H groups in total. The predicted molar refractivity (Wildman–Crippen MR) is 109 cm³/mol. The van der Waals surface area contributed by atoms with Gasteiger partial charge in [0.05, 0.1) is 0 Å². The number of aryl methyl sites for hydroxylation is 1. The van der Waals surface area contributed by atoms with Gasteiger partial charge in [0.25, 0.3) is 5.91 Å². The highest BCUT2D eigenvalue weighted by atomic mass is 32.1. The van der Waals surface area contributed by atoms with Crippen molar-refractivity contribution in [3.63, 3.8) is 0 Å². The van der Waals surface area contributed by atoms with Gasteiger partial charge in [0, 0.05) is 24.5 Å². The first-order chi connectivity index (χ1) is 12.6. The van der Waals surface area contributed by atoms with Crippen molar-refractivity contribution in [3.05, 3.63) is 54.1 Å². The van der Waals surface area contributed by atoms with Gasteiger partial charge in [-0.25, -0.2) is 0 Å². The van der Waals surface area contributed by atoms with E-state index in [0.717, 1.165) is 24.3 Å². The van der Waals surface area contributed by atoms with Gasteiger partial charge in [-0.15, -0.1) is 0 Å². The maximum atomic E-state index is 11.9. The van der Waals surface area contributed by atoms with E-state index in [1.807, 2.05) is 43.3 Å². The number of amides is 1. The van der Waals surface area contributed by atoms with Gasteiger partial charge < -0.3 is 15.0 Å². The smallest absolute Gasteiger partial charge is 0.264 e. The lowest BCUT2D eigenvalue weighted by atomic mass is 10.2. The lowest BCUT2D eigenvalue weighted by molar-refractivity contribution is -0.121. The Kier molecular flexibility index (Phi) is 6.07. The topological polar surface area (TPSA) is 53.6 Å². The summed E-state index contributed by atoms with van der Waals surface area (Å²) < 4.78 is 5.44. The van der Waals surface area contributed by atoms with Crippen LogP contribution in [-0.4, -0.2) is 30.7 Å². The zero-order chi connectivity index (χ0) is 18.4. The molecule has 5 nitrogen and oxygen atoms in total. The highest BCUT2D eigenvalue weighted by Gasteiger charge is 2.12. The second kappa shape index (κ2) is 8.67. The first-order valence-electron chi connectivity index (χ1n) is 8.75. The van der Waals surface area contributed by atoms with E-state index in [4.69, 9.17) is 17.0 Å². The fraction of sp³-hybridized carbons (Fsp3) is 0.300. The summed E-state index contributed by atoms with van der Waals surface area (Å²) in [5.41, 5.74) is 3.20. The zero-order valence-electron chi connectivity index (χ0n) is 14.8. The minimum atomic E-state index is -0.295. The van der Waals surface area contributed by atoms with Gasteiger partial charge in [-0.1, -0.05) is 17.7 Å². The fourth-order valence-corrected chi connectivity index (χ4v) is 3.07. The molecule has 0 spiro atoms. The minimum absolute atomic E-state index is 0.0845. The monoisotopic (exact) mass is 369 g/mol. The summed E-state index contributed by atoms with van der Waals surface area (Å²) >= 11 is 5.19. The van der Waals surface area contributed by atoms with E-state index in [1.54, 1.807) is 0 Å². The lowest BCUT2D eigenvalue weighted by Gasteiger charge is -2.18. The highest BCUT2D eigenvalue weighted by molar-refractivity contribution is 7.80. The molecule has 0 aromatic heterocycles. The molecular formula is C20H23N3O2S. The van der Waals surface area contributed by atoms with Crippen LogP contribution in [0, 0.1) is 6.92 Å². The quantitative estimate of drug-likeness (QED) is 0.790. The van der Waals surface area contributed by atoms with Crippen molar-refractivity contribution in [3.8, 4) is 5.75 Å². The lowest BCUT2D eigenvalue weighted by Crippen LogP contribution is -2.37. The number of thiocarbonyl (C=S) groups is 1. The molecular weight excluding hydrogens is 346 g/mol. The third-order valence-corrected chi connectivity index (χ3v) is 4.44. The fourth-order valence-electron chi connectivity index (χ4n) is 2.84. The molecule has 136 valence electrons. The number of benzene rings is 2. The van der Waals surface area contributed by atoms with E-state index >= 15 is 0 Å². The molecule has 0 atom stereocenters. The van der Waals surface area contributed by atoms with Crippen LogP contribution >= 0.6 is 12.2 Å². The molecule has 0 radical (unpaired) electrons. The standard InChI is InChI=1S/C20H23N3O2S/c1-15-4-10-18(11-5-15)25-14-19(24)22-20(26)21-16-6-8-17(9-7-16)23-12-2-3-13-23/h4-11H,2-3,12-14H2,1H3,(H2,21,22,24,26). The van der Waals surface area contributed by atoms with Crippen LogP contribution in [0.3, 0.4) is 0 Å². The summed E-state index contributed by atoms with van der Waals surface area (Å²) in [7, 11) is 0. The third kappa shape index (κ3) is 5.20. The molecule has 1 heterocycles. The normalized spacial score (nSPS) is 13.3. The summed E-state index contributed by atoms with van der Waals surface area (Å²) in [5, 5.41) is 5.91.